The van der Waals surface area contributed by atoms with Crippen LogP contribution in [0.3, 0.4) is 0 Å². The molecule has 0 amide bonds. The number of aliphatic hydroxyl groups is 3. The number of carbonyl (C=O) groups excluding carboxylic acids is 1. The van der Waals surface area contributed by atoms with Gasteiger partial charge < -0.3 is 29.5 Å². The first-order valence-corrected chi connectivity index (χ1v) is 14.2. The normalized spacial score (nSPS) is 52.6. The highest BCUT2D eigenvalue weighted by molar-refractivity contribution is 5.66. The van der Waals surface area contributed by atoms with Crippen molar-refractivity contribution in [3.05, 3.63) is 12.7 Å². The summed E-state index contributed by atoms with van der Waals surface area (Å²) < 4.78 is 17.3. The molecule has 13 atom stereocenters. The van der Waals surface area contributed by atoms with Crippen LogP contribution in [-0.2, 0) is 19.0 Å². The van der Waals surface area contributed by atoms with Gasteiger partial charge in [0.15, 0.2) is 12.4 Å². The monoisotopic (exact) mass is 506 g/mol. The standard InChI is InChI=1S/C29H46O7/c1-5-18-7-9-22-21-8-6-19-14-20(10-13-29(19,15-30)23(21)11-12-28(18,22)4)36-27-25(33)24(32)26(16(2)34-27)35-17(3)31/h5,16,18-27,30,32-33H,1,6-15H2,2-4H3/t16-,18-,19-,20-,21-,22-,23-,24-,25-,26+,27-,28+,29+/m1/s1. The van der Waals surface area contributed by atoms with E-state index in [9.17, 15) is 20.1 Å². The highest BCUT2D eigenvalue weighted by Crippen LogP contribution is 2.67. The zero-order valence-corrected chi connectivity index (χ0v) is 22.2. The van der Waals surface area contributed by atoms with Gasteiger partial charge in [0.1, 0.15) is 12.2 Å². The lowest BCUT2D eigenvalue weighted by molar-refractivity contribution is -0.312. The number of rotatable bonds is 5. The van der Waals surface area contributed by atoms with Crippen molar-refractivity contribution in [1.29, 1.82) is 0 Å². The Morgan fingerprint density at radius 1 is 1.08 bits per heavy atom. The van der Waals surface area contributed by atoms with E-state index in [1.807, 2.05) is 0 Å². The summed E-state index contributed by atoms with van der Waals surface area (Å²) in [5, 5.41) is 32.1. The molecule has 0 bridgehead atoms. The number of hydrogen-bond acceptors (Lipinski definition) is 7. The molecule has 7 nitrogen and oxygen atoms in total. The maximum absolute atomic E-state index is 11.4. The molecule has 0 aromatic carbocycles. The summed E-state index contributed by atoms with van der Waals surface area (Å²) in [5.74, 6) is 2.47. The number of hydrogen-bond donors (Lipinski definition) is 3. The van der Waals surface area contributed by atoms with Crippen molar-refractivity contribution < 1.29 is 34.3 Å². The molecule has 4 aliphatic carbocycles. The Hall–Kier alpha value is -0.990. The van der Waals surface area contributed by atoms with Crippen LogP contribution in [0.25, 0.3) is 0 Å². The van der Waals surface area contributed by atoms with E-state index in [2.05, 4.69) is 19.6 Å². The third-order valence-electron chi connectivity index (χ3n) is 11.4. The summed E-state index contributed by atoms with van der Waals surface area (Å²) in [5.41, 5.74) is 0.318. The van der Waals surface area contributed by atoms with Gasteiger partial charge in [-0.05, 0) is 105 Å². The molecule has 1 heterocycles. The number of allylic oxidation sites excluding steroid dienone is 1. The molecule has 36 heavy (non-hydrogen) atoms. The van der Waals surface area contributed by atoms with Crippen molar-refractivity contribution in [2.75, 3.05) is 6.61 Å². The maximum Gasteiger partial charge on any atom is 0.303 e. The van der Waals surface area contributed by atoms with E-state index in [0.29, 0.717) is 29.1 Å². The van der Waals surface area contributed by atoms with Gasteiger partial charge in [0.25, 0.3) is 0 Å². The van der Waals surface area contributed by atoms with E-state index in [1.165, 1.54) is 39.0 Å². The van der Waals surface area contributed by atoms with Gasteiger partial charge in [0.05, 0.1) is 12.2 Å². The Labute approximate surface area is 215 Å². The second-order valence-corrected chi connectivity index (χ2v) is 12.8. The number of ether oxygens (including phenoxy) is 3. The van der Waals surface area contributed by atoms with Gasteiger partial charge in [-0.2, -0.15) is 0 Å². The van der Waals surface area contributed by atoms with Gasteiger partial charge in [-0.15, -0.1) is 6.58 Å². The van der Waals surface area contributed by atoms with Gasteiger partial charge in [-0.1, -0.05) is 13.0 Å². The third-order valence-corrected chi connectivity index (χ3v) is 11.4. The molecule has 0 aromatic heterocycles. The summed E-state index contributed by atoms with van der Waals surface area (Å²) in [6.45, 7) is 9.87. The fourth-order valence-corrected chi connectivity index (χ4v) is 9.53. The molecule has 1 aliphatic heterocycles. The molecule has 0 unspecified atom stereocenters. The number of esters is 1. The van der Waals surface area contributed by atoms with Gasteiger partial charge in [0.2, 0.25) is 0 Å². The molecular formula is C29H46O7. The van der Waals surface area contributed by atoms with Crippen LogP contribution < -0.4 is 0 Å². The van der Waals surface area contributed by atoms with Gasteiger partial charge in [0, 0.05) is 13.5 Å². The molecule has 4 saturated carbocycles. The number of fused-ring (bicyclic) bond motifs is 5. The van der Waals surface area contributed by atoms with Crippen LogP contribution in [0.2, 0.25) is 0 Å². The highest BCUT2D eigenvalue weighted by atomic mass is 16.7. The summed E-state index contributed by atoms with van der Waals surface area (Å²) in [6, 6.07) is 0. The number of aliphatic hydroxyl groups excluding tert-OH is 3. The minimum Gasteiger partial charge on any atom is -0.457 e. The Morgan fingerprint density at radius 3 is 2.56 bits per heavy atom. The molecule has 0 aromatic rings. The summed E-state index contributed by atoms with van der Waals surface area (Å²) in [7, 11) is 0. The zero-order chi connectivity index (χ0) is 25.8. The fourth-order valence-electron chi connectivity index (χ4n) is 9.53. The lowest BCUT2D eigenvalue weighted by Gasteiger charge is -2.61. The predicted octanol–water partition coefficient (Wildman–Crippen LogP) is 3.59. The van der Waals surface area contributed by atoms with Crippen molar-refractivity contribution >= 4 is 5.97 Å². The Kier molecular flexibility index (Phi) is 7.36. The van der Waals surface area contributed by atoms with Crippen LogP contribution in [-0.4, -0.2) is 64.7 Å². The van der Waals surface area contributed by atoms with Crippen LogP contribution in [0.15, 0.2) is 12.7 Å². The van der Waals surface area contributed by atoms with Crippen LogP contribution in [0.4, 0.5) is 0 Å². The molecular weight excluding hydrogens is 460 g/mol. The maximum atomic E-state index is 11.4. The quantitative estimate of drug-likeness (QED) is 0.297. The smallest absolute Gasteiger partial charge is 0.303 e. The number of carbonyl (C=O) groups is 1. The van der Waals surface area contributed by atoms with E-state index >= 15 is 0 Å². The molecule has 0 radical (unpaired) electrons. The van der Waals surface area contributed by atoms with E-state index in [4.69, 9.17) is 14.2 Å². The summed E-state index contributed by atoms with van der Waals surface area (Å²) in [4.78, 5) is 11.4. The first-order valence-electron chi connectivity index (χ1n) is 14.2. The second-order valence-electron chi connectivity index (χ2n) is 12.8. The average Bonchev–Trinajstić information content (AvgIpc) is 3.21. The predicted molar refractivity (Wildman–Crippen MR) is 134 cm³/mol. The largest absolute Gasteiger partial charge is 0.457 e. The van der Waals surface area contributed by atoms with Gasteiger partial charge in [-0.25, -0.2) is 0 Å². The van der Waals surface area contributed by atoms with Crippen molar-refractivity contribution in [3.8, 4) is 0 Å². The molecule has 0 spiro atoms. The SMILES string of the molecule is C=C[C@@H]1CC[C@@H]2[C@H]3CC[C@@H]4C[C@H](O[C@H]5O[C@H](C)[C@H](OC(C)=O)[C@H](O)[C@H]5O)CC[C@@]4(CO)[C@@H]3CC[C@@]12C. The lowest BCUT2D eigenvalue weighted by atomic mass is 9.44. The van der Waals surface area contributed by atoms with Crippen LogP contribution in [0.1, 0.15) is 78.6 Å². The Bertz CT molecular complexity index is 832. The van der Waals surface area contributed by atoms with E-state index in [0.717, 1.165) is 31.6 Å². The summed E-state index contributed by atoms with van der Waals surface area (Å²) >= 11 is 0. The summed E-state index contributed by atoms with van der Waals surface area (Å²) in [6.07, 6.45) is 6.93. The average molecular weight is 507 g/mol. The first-order chi connectivity index (χ1) is 17.1. The van der Waals surface area contributed by atoms with E-state index in [1.54, 1.807) is 6.92 Å². The van der Waals surface area contributed by atoms with Crippen molar-refractivity contribution in [3.63, 3.8) is 0 Å². The van der Waals surface area contributed by atoms with E-state index < -0.39 is 36.7 Å². The van der Waals surface area contributed by atoms with Crippen molar-refractivity contribution in [2.45, 2.75) is 115 Å². The lowest BCUT2D eigenvalue weighted by Crippen LogP contribution is -2.60. The van der Waals surface area contributed by atoms with Gasteiger partial charge in [-0.3, -0.25) is 4.79 Å². The Balaban J connectivity index is 1.26. The van der Waals surface area contributed by atoms with Crippen molar-refractivity contribution in [1.82, 2.24) is 0 Å². The van der Waals surface area contributed by atoms with Crippen molar-refractivity contribution in [2.24, 2.45) is 40.4 Å². The van der Waals surface area contributed by atoms with Crippen LogP contribution >= 0.6 is 0 Å². The minimum absolute atomic E-state index is 0.0460. The molecule has 5 aliphatic rings. The fraction of sp³-hybridized carbons (Fsp3) is 0.897. The topological polar surface area (TPSA) is 105 Å². The van der Waals surface area contributed by atoms with E-state index in [-0.39, 0.29) is 18.1 Å². The van der Waals surface area contributed by atoms with Crippen LogP contribution in [0, 0.1) is 40.4 Å². The highest BCUT2D eigenvalue weighted by Gasteiger charge is 2.61. The molecule has 204 valence electrons. The first kappa shape index (κ1) is 26.6. The van der Waals surface area contributed by atoms with Crippen LogP contribution in [0.5, 0.6) is 0 Å². The third kappa shape index (κ3) is 4.17. The minimum atomic E-state index is -1.29. The molecule has 3 N–H and O–H groups in total. The zero-order valence-electron chi connectivity index (χ0n) is 22.2. The van der Waals surface area contributed by atoms with Gasteiger partial charge >= 0.3 is 5.97 Å². The Morgan fingerprint density at radius 2 is 1.86 bits per heavy atom. The molecule has 5 rings (SSSR count). The molecule has 7 heteroatoms. The molecule has 5 fully saturated rings. The molecule has 1 saturated heterocycles. The second kappa shape index (κ2) is 9.96.